The van der Waals surface area contributed by atoms with Gasteiger partial charge in [-0.25, -0.2) is 0 Å². The van der Waals surface area contributed by atoms with E-state index in [9.17, 15) is 9.59 Å². The number of carbonyl (C=O) groups excluding carboxylic acids is 2. The second-order valence-corrected chi connectivity index (χ2v) is 8.46. The molecule has 5 nitrogen and oxygen atoms in total. The van der Waals surface area contributed by atoms with Gasteiger partial charge < -0.3 is 14.4 Å². The van der Waals surface area contributed by atoms with Gasteiger partial charge in [-0.1, -0.05) is 55.5 Å². The van der Waals surface area contributed by atoms with Gasteiger partial charge in [-0.3, -0.25) is 9.59 Å². The number of carbonyl (C=O) groups is 2. The highest BCUT2D eigenvalue weighted by atomic mass is 16.2. The summed E-state index contributed by atoms with van der Waals surface area (Å²) in [7, 11) is 0. The molecule has 0 atom stereocenters. The molecule has 0 radical (unpaired) electrons. The fraction of sp³-hybridized carbons (Fsp3) is 0.333. The molecule has 5 heteroatoms. The van der Waals surface area contributed by atoms with E-state index in [1.165, 1.54) is 5.56 Å². The minimum atomic E-state index is -0.0796. The summed E-state index contributed by atoms with van der Waals surface area (Å²) < 4.78 is 2.21. The summed E-state index contributed by atoms with van der Waals surface area (Å²) in [6.07, 6.45) is 4.95. The summed E-state index contributed by atoms with van der Waals surface area (Å²) >= 11 is 0. The van der Waals surface area contributed by atoms with Gasteiger partial charge in [-0.15, -0.1) is 0 Å². The maximum Gasteiger partial charge on any atom is 0.254 e. The predicted octanol–water partition coefficient (Wildman–Crippen LogP) is 4.58. The molecule has 166 valence electrons. The van der Waals surface area contributed by atoms with Crippen molar-refractivity contribution in [2.75, 3.05) is 13.1 Å². The first-order valence-electron chi connectivity index (χ1n) is 11.5. The van der Waals surface area contributed by atoms with Crippen LogP contribution in [0.1, 0.15) is 47.8 Å². The van der Waals surface area contributed by atoms with Crippen molar-refractivity contribution in [1.82, 2.24) is 14.4 Å². The summed E-state index contributed by atoms with van der Waals surface area (Å²) in [6.45, 7) is 4.08. The molecule has 3 aromatic rings. The van der Waals surface area contributed by atoms with Crippen LogP contribution in [0.3, 0.4) is 0 Å². The minimum Gasteiger partial charge on any atom is -0.345 e. The van der Waals surface area contributed by atoms with E-state index in [2.05, 4.69) is 29.0 Å². The molecule has 4 rings (SSSR count). The molecule has 2 amide bonds. The van der Waals surface area contributed by atoms with Crippen molar-refractivity contribution in [2.45, 2.75) is 45.3 Å². The number of benzene rings is 2. The lowest BCUT2D eigenvalue weighted by atomic mass is 10.2. The topological polar surface area (TPSA) is 45.6 Å². The van der Waals surface area contributed by atoms with E-state index in [-0.39, 0.29) is 24.4 Å². The van der Waals surface area contributed by atoms with E-state index in [0.717, 1.165) is 31.5 Å². The Bertz CT molecular complexity index is 1030. The lowest BCUT2D eigenvalue weighted by Crippen LogP contribution is -2.44. The number of nitrogens with zero attached hydrogens (tertiary/aromatic N) is 3. The predicted molar refractivity (Wildman–Crippen MR) is 126 cm³/mol. The van der Waals surface area contributed by atoms with Gasteiger partial charge >= 0.3 is 0 Å². The maximum atomic E-state index is 13.4. The van der Waals surface area contributed by atoms with Crippen LogP contribution in [-0.4, -0.2) is 45.3 Å². The molecule has 32 heavy (non-hydrogen) atoms. The van der Waals surface area contributed by atoms with Crippen molar-refractivity contribution in [3.8, 4) is 0 Å². The van der Waals surface area contributed by atoms with Crippen LogP contribution in [0.5, 0.6) is 0 Å². The fourth-order valence-corrected chi connectivity index (χ4v) is 4.05. The van der Waals surface area contributed by atoms with E-state index in [0.29, 0.717) is 18.7 Å². The molecule has 0 bridgehead atoms. The SMILES string of the molecule is CCCN(CC(=O)N(Cc1cccn1Cc1ccccc1)C1CC1)C(=O)c1ccccc1. The highest BCUT2D eigenvalue weighted by molar-refractivity contribution is 5.96. The Kier molecular flexibility index (Phi) is 7.05. The molecule has 0 aliphatic heterocycles. The maximum absolute atomic E-state index is 13.4. The van der Waals surface area contributed by atoms with Crippen molar-refractivity contribution in [3.63, 3.8) is 0 Å². The molecule has 1 aromatic heterocycles. The van der Waals surface area contributed by atoms with Crippen LogP contribution in [0.25, 0.3) is 0 Å². The molecule has 1 aliphatic rings. The second kappa shape index (κ2) is 10.3. The number of hydrogen-bond acceptors (Lipinski definition) is 2. The average molecular weight is 430 g/mol. The first-order chi connectivity index (χ1) is 15.7. The molecule has 2 aromatic carbocycles. The first kappa shape index (κ1) is 21.9. The molecular weight excluding hydrogens is 398 g/mol. The highest BCUT2D eigenvalue weighted by Crippen LogP contribution is 2.29. The molecule has 1 heterocycles. The third-order valence-electron chi connectivity index (χ3n) is 5.89. The summed E-state index contributed by atoms with van der Waals surface area (Å²) in [6, 6.07) is 24.0. The number of aromatic nitrogens is 1. The Labute approximate surface area is 190 Å². The van der Waals surface area contributed by atoms with Crippen LogP contribution >= 0.6 is 0 Å². The van der Waals surface area contributed by atoms with Gasteiger partial charge in [-0.2, -0.15) is 0 Å². The summed E-state index contributed by atoms with van der Waals surface area (Å²) in [5.41, 5.74) is 2.98. The van der Waals surface area contributed by atoms with E-state index in [4.69, 9.17) is 0 Å². The van der Waals surface area contributed by atoms with Crippen LogP contribution < -0.4 is 0 Å². The standard InChI is InChI=1S/C27H31N3O2/c1-2-17-29(27(32)23-12-7-4-8-13-23)21-26(31)30(24-15-16-24)20-25-14-9-18-28(25)19-22-10-5-3-6-11-22/h3-14,18,24H,2,15-17,19-21H2,1H3. The van der Waals surface area contributed by atoms with Gasteiger partial charge in [0.25, 0.3) is 5.91 Å². The first-order valence-corrected chi connectivity index (χ1v) is 11.5. The summed E-state index contributed by atoms with van der Waals surface area (Å²) in [4.78, 5) is 30.0. The van der Waals surface area contributed by atoms with Crippen LogP contribution in [0.4, 0.5) is 0 Å². The van der Waals surface area contributed by atoms with E-state index < -0.39 is 0 Å². The number of hydrogen-bond donors (Lipinski definition) is 0. The summed E-state index contributed by atoms with van der Waals surface area (Å²) in [5.74, 6) is -0.0540. The third-order valence-corrected chi connectivity index (χ3v) is 5.89. The molecule has 1 fully saturated rings. The van der Waals surface area contributed by atoms with E-state index in [1.54, 1.807) is 4.90 Å². The highest BCUT2D eigenvalue weighted by Gasteiger charge is 2.34. The molecule has 0 unspecified atom stereocenters. The van der Waals surface area contributed by atoms with Crippen molar-refractivity contribution < 1.29 is 9.59 Å². The largest absolute Gasteiger partial charge is 0.345 e. The van der Waals surface area contributed by atoms with E-state index in [1.807, 2.05) is 66.4 Å². The van der Waals surface area contributed by atoms with Crippen LogP contribution in [-0.2, 0) is 17.9 Å². The van der Waals surface area contributed by atoms with Crippen molar-refractivity contribution in [1.29, 1.82) is 0 Å². The van der Waals surface area contributed by atoms with Gasteiger partial charge in [0.1, 0.15) is 6.54 Å². The molecule has 1 saturated carbocycles. The Hall–Kier alpha value is -3.34. The Morgan fingerprint density at radius 3 is 2.28 bits per heavy atom. The van der Waals surface area contributed by atoms with Gasteiger partial charge in [0.05, 0.1) is 6.54 Å². The number of amides is 2. The molecular formula is C27H31N3O2. The zero-order chi connectivity index (χ0) is 22.3. The van der Waals surface area contributed by atoms with Crippen molar-refractivity contribution >= 4 is 11.8 Å². The van der Waals surface area contributed by atoms with Crippen molar-refractivity contribution in [3.05, 3.63) is 95.8 Å². The Morgan fingerprint density at radius 1 is 0.938 bits per heavy atom. The van der Waals surface area contributed by atoms with Gasteiger partial charge in [0.2, 0.25) is 5.91 Å². The monoisotopic (exact) mass is 429 g/mol. The Balaban J connectivity index is 1.46. The number of rotatable bonds is 10. The van der Waals surface area contributed by atoms with Crippen LogP contribution in [0.15, 0.2) is 79.0 Å². The lowest BCUT2D eigenvalue weighted by molar-refractivity contribution is -0.133. The molecule has 0 spiro atoms. The second-order valence-electron chi connectivity index (χ2n) is 8.46. The zero-order valence-corrected chi connectivity index (χ0v) is 18.7. The molecule has 0 saturated heterocycles. The van der Waals surface area contributed by atoms with Crippen molar-refractivity contribution in [2.24, 2.45) is 0 Å². The van der Waals surface area contributed by atoms with Gasteiger partial charge in [0.15, 0.2) is 0 Å². The smallest absolute Gasteiger partial charge is 0.254 e. The van der Waals surface area contributed by atoms with E-state index >= 15 is 0 Å². The molecule has 1 aliphatic carbocycles. The van der Waals surface area contributed by atoms with Crippen LogP contribution in [0, 0.1) is 0 Å². The Morgan fingerprint density at radius 2 is 1.62 bits per heavy atom. The average Bonchev–Trinajstić information content (AvgIpc) is 3.58. The van der Waals surface area contributed by atoms with Gasteiger partial charge in [-0.05, 0) is 49.1 Å². The van der Waals surface area contributed by atoms with Gasteiger partial charge in [0, 0.05) is 36.6 Å². The quantitative estimate of drug-likeness (QED) is 0.474. The summed E-state index contributed by atoms with van der Waals surface area (Å²) in [5, 5.41) is 0. The van der Waals surface area contributed by atoms with Crippen LogP contribution in [0.2, 0.25) is 0 Å². The lowest BCUT2D eigenvalue weighted by Gasteiger charge is -2.28. The fourth-order valence-electron chi connectivity index (χ4n) is 4.05. The molecule has 0 N–H and O–H groups in total. The normalized spacial score (nSPS) is 13.0. The third kappa shape index (κ3) is 5.47. The minimum absolute atomic E-state index is 0.0256. The zero-order valence-electron chi connectivity index (χ0n) is 18.7.